The minimum Gasteiger partial charge on any atom is -0.318 e. The van der Waals surface area contributed by atoms with Crippen molar-refractivity contribution in [3.8, 4) is 0 Å². The Bertz CT molecular complexity index is 420. The Hall–Kier alpha value is -0.980. The van der Waals surface area contributed by atoms with Crippen LogP contribution in [0.25, 0.3) is 0 Å². The molecule has 0 aromatic carbocycles. The van der Waals surface area contributed by atoms with Crippen LogP contribution in [0.1, 0.15) is 12.6 Å². The number of nitrogens with one attached hydrogen (secondary N) is 2. The summed E-state index contributed by atoms with van der Waals surface area (Å²) in [6.07, 6.45) is 2.31. The Morgan fingerprint density at radius 3 is 2.76 bits per heavy atom. The van der Waals surface area contributed by atoms with Gasteiger partial charge in [0.2, 0.25) is 10.0 Å². The maximum atomic E-state index is 11.7. The highest BCUT2D eigenvalue weighted by molar-refractivity contribution is 7.90. The molecule has 1 heterocycles. The molecule has 0 spiro atoms. The molecule has 6 heteroatoms. The van der Waals surface area contributed by atoms with Gasteiger partial charge in [0.15, 0.2) is 0 Å². The Kier molecular flexibility index (Phi) is 5.54. The summed E-state index contributed by atoms with van der Waals surface area (Å²) >= 11 is 0. The lowest BCUT2D eigenvalue weighted by atomic mass is 10.3. The quantitative estimate of drug-likeness (QED) is 0.729. The van der Waals surface area contributed by atoms with E-state index >= 15 is 0 Å². The zero-order chi connectivity index (χ0) is 12.7. The number of aromatic nitrogens is 1. The van der Waals surface area contributed by atoms with E-state index in [1.807, 2.05) is 18.2 Å². The van der Waals surface area contributed by atoms with Gasteiger partial charge in [0.05, 0.1) is 5.25 Å². The molecule has 5 nitrogen and oxygen atoms in total. The van der Waals surface area contributed by atoms with Gasteiger partial charge in [-0.2, -0.15) is 0 Å². The second kappa shape index (κ2) is 6.68. The molecule has 17 heavy (non-hydrogen) atoms. The summed E-state index contributed by atoms with van der Waals surface area (Å²) in [5, 5.41) is 2.42. The first-order valence-electron chi connectivity index (χ1n) is 5.59. The molecular weight excluding hydrogens is 238 g/mol. The van der Waals surface area contributed by atoms with E-state index in [4.69, 9.17) is 0 Å². The predicted molar refractivity (Wildman–Crippen MR) is 68.3 cm³/mol. The highest BCUT2D eigenvalue weighted by Crippen LogP contribution is 1.98. The van der Waals surface area contributed by atoms with Crippen LogP contribution in [-0.4, -0.2) is 38.8 Å². The molecule has 1 atom stereocenters. The van der Waals surface area contributed by atoms with Gasteiger partial charge in [0, 0.05) is 31.4 Å². The average Bonchev–Trinajstić information content (AvgIpc) is 2.30. The molecular formula is C11H19N3O2S. The second-order valence-electron chi connectivity index (χ2n) is 3.88. The van der Waals surface area contributed by atoms with Crippen LogP contribution in [0.5, 0.6) is 0 Å². The third-order valence-corrected chi connectivity index (χ3v) is 4.26. The third kappa shape index (κ3) is 4.80. The van der Waals surface area contributed by atoms with Crippen molar-refractivity contribution in [1.82, 2.24) is 15.0 Å². The molecule has 0 bridgehead atoms. The smallest absolute Gasteiger partial charge is 0.215 e. The summed E-state index contributed by atoms with van der Waals surface area (Å²) in [6.45, 7) is 2.51. The predicted octanol–water partition coefficient (Wildman–Crippen LogP) is 0.151. The highest BCUT2D eigenvalue weighted by Gasteiger charge is 2.18. The van der Waals surface area contributed by atoms with Gasteiger partial charge in [-0.1, -0.05) is 6.07 Å². The summed E-state index contributed by atoms with van der Waals surface area (Å²) in [7, 11) is -1.50. The fourth-order valence-corrected chi connectivity index (χ4v) is 2.46. The van der Waals surface area contributed by atoms with Crippen molar-refractivity contribution in [3.05, 3.63) is 30.1 Å². The molecule has 0 radical (unpaired) electrons. The summed E-state index contributed by atoms with van der Waals surface area (Å²) in [5.74, 6) is 0. The van der Waals surface area contributed by atoms with Crippen LogP contribution in [0.3, 0.4) is 0 Å². The molecule has 0 saturated heterocycles. The molecule has 0 fully saturated rings. The van der Waals surface area contributed by atoms with E-state index in [2.05, 4.69) is 15.0 Å². The molecule has 2 N–H and O–H groups in total. The van der Waals surface area contributed by atoms with E-state index in [9.17, 15) is 8.42 Å². The van der Waals surface area contributed by atoms with Crippen molar-refractivity contribution in [3.63, 3.8) is 0 Å². The molecule has 96 valence electrons. The van der Waals surface area contributed by atoms with Crippen molar-refractivity contribution < 1.29 is 8.42 Å². The Balaban J connectivity index is 2.40. The first-order chi connectivity index (χ1) is 8.06. The number of rotatable bonds is 7. The topological polar surface area (TPSA) is 71.1 Å². The van der Waals surface area contributed by atoms with Crippen LogP contribution in [0.4, 0.5) is 0 Å². The number of hydrogen-bond acceptors (Lipinski definition) is 4. The van der Waals surface area contributed by atoms with Crippen molar-refractivity contribution in [2.75, 3.05) is 20.1 Å². The van der Waals surface area contributed by atoms with Crippen LogP contribution in [-0.2, 0) is 16.4 Å². The number of nitrogens with zero attached hydrogens (tertiary/aromatic N) is 1. The van der Waals surface area contributed by atoms with Gasteiger partial charge in [0.1, 0.15) is 0 Å². The van der Waals surface area contributed by atoms with Crippen molar-refractivity contribution in [2.45, 2.75) is 18.6 Å². The van der Waals surface area contributed by atoms with Crippen LogP contribution in [0.15, 0.2) is 24.4 Å². The summed E-state index contributed by atoms with van der Waals surface area (Å²) < 4.78 is 26.1. The minimum absolute atomic E-state index is 0.382. The SMILES string of the molecule is CNCC(C)S(=O)(=O)NCCc1ccccn1. The first kappa shape index (κ1) is 14.1. The van der Waals surface area contributed by atoms with Gasteiger partial charge in [-0.25, -0.2) is 13.1 Å². The van der Waals surface area contributed by atoms with Crippen molar-refractivity contribution in [1.29, 1.82) is 0 Å². The van der Waals surface area contributed by atoms with E-state index in [0.29, 0.717) is 19.5 Å². The highest BCUT2D eigenvalue weighted by atomic mass is 32.2. The Morgan fingerprint density at radius 2 is 2.18 bits per heavy atom. The lowest BCUT2D eigenvalue weighted by Crippen LogP contribution is -2.38. The Labute approximate surface area is 103 Å². The molecule has 0 aliphatic rings. The van der Waals surface area contributed by atoms with E-state index < -0.39 is 15.3 Å². The molecule has 0 saturated carbocycles. The standard InChI is InChI=1S/C11H19N3O2S/c1-10(9-12-2)17(15,16)14-8-6-11-5-3-4-7-13-11/h3-5,7,10,12,14H,6,8-9H2,1-2H3. The summed E-state index contributed by atoms with van der Waals surface area (Å²) in [4.78, 5) is 4.13. The van der Waals surface area contributed by atoms with Crippen molar-refractivity contribution in [2.24, 2.45) is 0 Å². The number of hydrogen-bond donors (Lipinski definition) is 2. The van der Waals surface area contributed by atoms with Crippen molar-refractivity contribution >= 4 is 10.0 Å². The van der Waals surface area contributed by atoms with Crippen LogP contribution < -0.4 is 10.0 Å². The van der Waals surface area contributed by atoms with Gasteiger partial charge in [-0.3, -0.25) is 4.98 Å². The fourth-order valence-electron chi connectivity index (χ4n) is 1.41. The molecule has 1 aromatic rings. The van der Waals surface area contributed by atoms with Crippen LogP contribution in [0.2, 0.25) is 0 Å². The average molecular weight is 257 g/mol. The van der Waals surface area contributed by atoms with Gasteiger partial charge in [0.25, 0.3) is 0 Å². The van der Waals surface area contributed by atoms with Crippen LogP contribution in [0, 0.1) is 0 Å². The first-order valence-corrected chi connectivity index (χ1v) is 7.14. The zero-order valence-corrected chi connectivity index (χ0v) is 11.0. The fraction of sp³-hybridized carbons (Fsp3) is 0.545. The molecule has 1 aromatic heterocycles. The largest absolute Gasteiger partial charge is 0.318 e. The van der Waals surface area contributed by atoms with Gasteiger partial charge < -0.3 is 5.32 Å². The molecule has 1 rings (SSSR count). The number of sulfonamides is 1. The van der Waals surface area contributed by atoms with E-state index in [0.717, 1.165) is 5.69 Å². The van der Waals surface area contributed by atoms with E-state index in [1.165, 1.54) is 0 Å². The maximum Gasteiger partial charge on any atom is 0.215 e. The molecule has 1 unspecified atom stereocenters. The number of pyridine rings is 1. The zero-order valence-electron chi connectivity index (χ0n) is 10.2. The molecule has 0 amide bonds. The lowest BCUT2D eigenvalue weighted by molar-refractivity contribution is 0.563. The minimum atomic E-state index is -3.23. The molecule has 0 aliphatic heterocycles. The molecule has 0 aliphatic carbocycles. The lowest BCUT2D eigenvalue weighted by Gasteiger charge is -2.13. The normalized spacial score (nSPS) is 13.5. The summed E-state index contributed by atoms with van der Waals surface area (Å²) in [5.41, 5.74) is 0.886. The van der Waals surface area contributed by atoms with E-state index in [1.54, 1.807) is 20.2 Å². The monoisotopic (exact) mass is 257 g/mol. The van der Waals surface area contributed by atoms with Gasteiger partial charge in [-0.05, 0) is 26.1 Å². The maximum absolute atomic E-state index is 11.7. The van der Waals surface area contributed by atoms with Gasteiger partial charge >= 0.3 is 0 Å². The van der Waals surface area contributed by atoms with E-state index in [-0.39, 0.29) is 0 Å². The second-order valence-corrected chi connectivity index (χ2v) is 6.06. The summed E-state index contributed by atoms with van der Waals surface area (Å²) in [6, 6.07) is 5.61. The Morgan fingerprint density at radius 1 is 1.41 bits per heavy atom. The third-order valence-electron chi connectivity index (χ3n) is 2.43. The van der Waals surface area contributed by atoms with Crippen LogP contribution >= 0.6 is 0 Å². The van der Waals surface area contributed by atoms with Gasteiger partial charge in [-0.15, -0.1) is 0 Å².